The van der Waals surface area contributed by atoms with Gasteiger partial charge in [-0.15, -0.1) is 0 Å². The van der Waals surface area contributed by atoms with E-state index in [4.69, 9.17) is 93.8 Å². The van der Waals surface area contributed by atoms with Gasteiger partial charge in [0.05, 0.1) is 109 Å². The number of hydrogen-bond acceptors (Lipinski definition) is 32. The lowest BCUT2D eigenvalue weighted by Crippen LogP contribution is -2.29. The van der Waals surface area contributed by atoms with Crippen LogP contribution in [0.25, 0.3) is 55.2 Å². The summed E-state index contributed by atoms with van der Waals surface area (Å²) in [5, 5.41) is 15.6. The second kappa shape index (κ2) is 55.6. The van der Waals surface area contributed by atoms with E-state index in [1.165, 1.54) is 103 Å². The molecular formula is C97H125Cl4F6N17O16. The van der Waals surface area contributed by atoms with Crippen LogP contribution in [-0.4, -0.2) is 177 Å². The van der Waals surface area contributed by atoms with Crippen LogP contribution in [0.5, 0.6) is 34.5 Å². The second-order valence-corrected chi connectivity index (χ2v) is 36.6. The number of ether oxygens (including phenoxy) is 10. The SMILES string of the molecule is COc1cc2c(cc1F)CC(=O)C(=O)N2.COc1cc2nc(C)c(NCCCCCC(=O)OC(C)(C)C)nc2cc1F.COc1cc2nc(Cl)c(Cl)nc2cc1F.COc1cc2nc(Cl)c(NCCCCCC(=O)OC(C)(C)C)nc2cc1F.COc1cc2nc(NCCCCCC(=O)OC(C)(C)C)c(C)nc2cc1F.COc1cc2nc(NCCCCCC(=O)OC(C)(C)C)c(Cl)nc2cc1F.N.N. The Balaban J connectivity index is 0.000000299. The van der Waals surface area contributed by atoms with E-state index in [1.807, 2.05) is 96.9 Å². The van der Waals surface area contributed by atoms with Crippen molar-refractivity contribution in [2.45, 2.75) is 228 Å². The molecular weight excluding hydrogens is 1910 g/mol. The zero-order chi connectivity index (χ0) is 102. The molecule has 1 aliphatic rings. The van der Waals surface area contributed by atoms with Gasteiger partial charge in [0.1, 0.15) is 34.0 Å². The van der Waals surface area contributed by atoms with Crippen LogP contribution in [0, 0.1) is 48.8 Å². The summed E-state index contributed by atoms with van der Waals surface area (Å²) in [6, 6.07) is 16.4. The van der Waals surface area contributed by atoms with Gasteiger partial charge in [-0.25, -0.2) is 76.2 Å². The molecule has 764 valence electrons. The number of nitrogens with one attached hydrogen (secondary N) is 5. The predicted molar refractivity (Wildman–Crippen MR) is 531 cm³/mol. The predicted octanol–water partition coefficient (Wildman–Crippen LogP) is 22.6. The summed E-state index contributed by atoms with van der Waals surface area (Å²) < 4.78 is 132. The van der Waals surface area contributed by atoms with Crippen LogP contribution in [0.15, 0.2) is 72.8 Å². The largest absolute Gasteiger partial charge is 0.494 e. The molecule has 140 heavy (non-hydrogen) atoms. The Morgan fingerprint density at radius 3 is 0.814 bits per heavy atom. The first-order valence-corrected chi connectivity index (χ1v) is 45.9. The van der Waals surface area contributed by atoms with E-state index in [2.05, 4.69) is 76.4 Å². The van der Waals surface area contributed by atoms with Crippen LogP contribution >= 0.6 is 46.4 Å². The molecule has 43 heteroatoms. The monoisotopic (exact) mass is 2040 g/mol. The molecule has 0 unspecified atom stereocenters. The van der Waals surface area contributed by atoms with E-state index in [-0.39, 0.29) is 97.7 Å². The Bertz CT molecular complexity index is 5810. The summed E-state index contributed by atoms with van der Waals surface area (Å²) in [6.45, 7) is 28.7. The third kappa shape index (κ3) is 39.1. The van der Waals surface area contributed by atoms with Crippen LogP contribution < -0.4 is 67.3 Å². The standard InChI is InChI=1S/2C20H28FN3O3.2C19H25ClFN3O3.C10H8FNO3.C9H5Cl2FN2O.2H3N/c1-13-19(22-10-8-6-7-9-18(25)27-20(2,3)4)24-15-11-14(21)17(26-5)12-16(15)23-13;1-13-19(22-10-8-6-7-9-18(25)27-20(2,3)4)24-16-12-17(26-5)14(21)11-15(16)23-13;1-19(2,3)27-16(25)8-6-5-7-9-22-18-17(20)23-14-11-15(26-4)12(21)10-13(14)24-18;1-19(2,3)27-16(25)8-6-5-7-9-22-18-17(20)23-13-10-12(21)15(26-4)11-14(13)24-18;1-15-9-4-7-5(2-6(9)11)3-8(13)10(14)12-7;1-15-7-3-6-5(2-4(7)12)13-8(10)9(11)14-6;;/h2*11-12H,6-10H2,1-5H3,(H,22,24);2*10-11H,5-9H2,1-4H3,(H,22,24);2,4H,3H2,1H3,(H,12,14);2-3H,1H3;2*1H3. The van der Waals surface area contributed by atoms with Crippen LogP contribution in [0.4, 0.5) is 55.3 Å². The van der Waals surface area contributed by atoms with Gasteiger partial charge in [0.2, 0.25) is 5.78 Å². The Labute approximate surface area is 829 Å². The van der Waals surface area contributed by atoms with Crippen molar-refractivity contribution < 1.29 is 102 Å². The lowest BCUT2D eigenvalue weighted by atomic mass is 10.0. The molecule has 0 fully saturated rings. The van der Waals surface area contributed by atoms with Gasteiger partial charge < -0.3 is 86.3 Å². The lowest BCUT2D eigenvalue weighted by molar-refractivity contribution is -0.156. The molecule has 5 aromatic heterocycles. The maximum atomic E-state index is 13.9. The Morgan fingerprint density at radius 1 is 0.314 bits per heavy atom. The number of aryl methyl sites for hydroxylation is 2. The number of unbranched alkanes of at least 4 members (excludes halogenated alkanes) is 8. The highest BCUT2D eigenvalue weighted by Gasteiger charge is 2.27. The highest BCUT2D eigenvalue weighted by molar-refractivity contribution is 6.42. The summed E-state index contributed by atoms with van der Waals surface area (Å²) in [7, 11) is 8.32. The zero-order valence-electron chi connectivity index (χ0n) is 82.5. The molecule has 0 saturated heterocycles. The number of nitrogens with zero attached hydrogens (tertiary/aromatic N) is 10. The number of rotatable bonds is 34. The molecule has 11 N–H and O–H groups in total. The molecule has 0 spiro atoms. The second-order valence-electron chi connectivity index (χ2n) is 35.2. The molecule has 0 radical (unpaired) electrons. The molecule has 1 amide bonds. The lowest BCUT2D eigenvalue weighted by Gasteiger charge is -2.19. The smallest absolute Gasteiger partial charge is 0.306 e. The molecule has 0 saturated carbocycles. The van der Waals surface area contributed by atoms with Crippen molar-refractivity contribution in [3.8, 4) is 34.5 Å². The third-order valence-electron chi connectivity index (χ3n) is 19.2. The third-order valence-corrected chi connectivity index (χ3v) is 20.3. The summed E-state index contributed by atoms with van der Waals surface area (Å²) in [5.41, 5.74) is 5.19. The number of carbonyl (C=O) groups excluding carboxylic acids is 6. The number of benzene rings is 6. The quantitative estimate of drug-likeness (QED) is 0.00647. The van der Waals surface area contributed by atoms with E-state index in [9.17, 15) is 55.1 Å². The number of esters is 4. The minimum Gasteiger partial charge on any atom is -0.494 e. The number of aromatic nitrogens is 10. The first kappa shape index (κ1) is 118. The maximum Gasteiger partial charge on any atom is 0.306 e. The number of Topliss-reactive ketones (excluding diaryl/α,β-unsaturated/α-hetero) is 1. The van der Waals surface area contributed by atoms with Crippen LogP contribution in [-0.2, 0) is 54.1 Å². The van der Waals surface area contributed by atoms with Gasteiger partial charge >= 0.3 is 23.9 Å². The molecule has 0 atom stereocenters. The number of methoxy groups -OCH3 is 6. The first-order valence-electron chi connectivity index (χ1n) is 44.4. The summed E-state index contributed by atoms with van der Waals surface area (Å²) in [6.07, 6.45) is 11.6. The average Bonchev–Trinajstić information content (AvgIpc) is 0.852. The molecule has 6 aromatic carbocycles. The zero-order valence-corrected chi connectivity index (χ0v) is 85.5. The van der Waals surface area contributed by atoms with Gasteiger partial charge in [0.25, 0.3) is 5.91 Å². The number of halogens is 10. The molecule has 1 aliphatic heterocycles. The molecule has 0 aliphatic carbocycles. The number of anilines is 5. The summed E-state index contributed by atoms with van der Waals surface area (Å²) in [4.78, 5) is 111. The maximum absolute atomic E-state index is 13.9. The fourth-order valence-corrected chi connectivity index (χ4v) is 13.5. The van der Waals surface area contributed by atoms with Crippen molar-refractivity contribution >= 4 is 166 Å². The minimum atomic E-state index is -0.670. The fourth-order valence-electron chi connectivity index (χ4n) is 12.9. The molecule has 0 bridgehead atoms. The van der Waals surface area contributed by atoms with Crippen LogP contribution in [0.2, 0.25) is 20.6 Å². The number of ketones is 1. The van der Waals surface area contributed by atoms with Gasteiger partial charge in [0.15, 0.2) is 102 Å². The van der Waals surface area contributed by atoms with Gasteiger partial charge in [-0.3, -0.25) is 28.8 Å². The van der Waals surface area contributed by atoms with Crippen molar-refractivity contribution in [3.63, 3.8) is 0 Å². The van der Waals surface area contributed by atoms with Crippen molar-refractivity contribution in [1.82, 2.24) is 62.1 Å². The van der Waals surface area contributed by atoms with Crippen LogP contribution in [0.3, 0.4) is 0 Å². The van der Waals surface area contributed by atoms with Gasteiger partial charge in [0, 0.05) is 131 Å². The van der Waals surface area contributed by atoms with Crippen molar-refractivity contribution in [2.24, 2.45) is 0 Å². The van der Waals surface area contributed by atoms with Crippen LogP contribution in [0.1, 0.15) is 203 Å². The van der Waals surface area contributed by atoms with E-state index < -0.39 is 69.0 Å². The minimum absolute atomic E-state index is 0. The van der Waals surface area contributed by atoms with Gasteiger partial charge in [-0.1, -0.05) is 72.1 Å². The highest BCUT2D eigenvalue weighted by atomic mass is 35.5. The molecule has 6 heterocycles. The Hall–Kier alpha value is -12.3. The van der Waals surface area contributed by atoms with E-state index in [0.717, 1.165) is 82.7 Å². The Kier molecular flexibility index (Phi) is 47.0. The summed E-state index contributed by atoms with van der Waals surface area (Å²) >= 11 is 23.6. The van der Waals surface area contributed by atoms with E-state index >= 15 is 0 Å². The number of amides is 1. The van der Waals surface area contributed by atoms with E-state index in [1.54, 1.807) is 12.1 Å². The fraction of sp³-hybridized carbons (Fsp3) is 0.464. The average molecular weight is 2040 g/mol. The highest BCUT2D eigenvalue weighted by Crippen LogP contribution is 2.35. The van der Waals surface area contributed by atoms with E-state index in [0.29, 0.717) is 147 Å². The van der Waals surface area contributed by atoms with Crippen molar-refractivity contribution in [1.29, 1.82) is 0 Å². The van der Waals surface area contributed by atoms with Crippen molar-refractivity contribution in [3.05, 3.63) is 145 Å². The topological polar surface area (TPSA) is 454 Å². The molecule has 12 rings (SSSR count). The summed E-state index contributed by atoms with van der Waals surface area (Å²) in [5.74, 6) is -2.13. The van der Waals surface area contributed by atoms with Crippen molar-refractivity contribution in [2.75, 3.05) is 95.4 Å². The molecule has 11 aromatic rings. The molecule has 33 nitrogen and oxygen atoms in total. The normalized spacial score (nSPS) is 11.6. The first-order chi connectivity index (χ1) is 65.0. The van der Waals surface area contributed by atoms with Gasteiger partial charge in [-0.2, -0.15) is 0 Å². The Morgan fingerprint density at radius 2 is 0.536 bits per heavy atom. The number of fused-ring (bicyclic) bond motifs is 6. The number of carbonyl (C=O) groups is 6. The number of hydrogen-bond donors (Lipinski definition) is 7. The van der Waals surface area contributed by atoms with Gasteiger partial charge in [-0.05, 0) is 160 Å².